The predicted octanol–water partition coefficient (Wildman–Crippen LogP) is 2.34. The first-order chi connectivity index (χ1) is 9.27. The van der Waals surface area contributed by atoms with Crippen molar-refractivity contribution in [2.45, 2.75) is 18.3 Å². The summed E-state index contributed by atoms with van der Waals surface area (Å²) in [6.45, 7) is 0.984. The van der Waals surface area contributed by atoms with Gasteiger partial charge in [-0.2, -0.15) is 0 Å². The van der Waals surface area contributed by atoms with E-state index in [1.54, 1.807) is 7.11 Å². The Morgan fingerprint density at radius 2 is 2.26 bits per heavy atom. The molecule has 0 bridgehead atoms. The summed E-state index contributed by atoms with van der Waals surface area (Å²) < 4.78 is 5.26. The highest BCUT2D eigenvalue weighted by molar-refractivity contribution is 5.61. The minimum absolute atomic E-state index is 0.228. The topological polar surface area (TPSA) is 49.9 Å². The van der Waals surface area contributed by atoms with Crippen LogP contribution in [-0.2, 0) is 5.41 Å². The lowest BCUT2D eigenvalue weighted by Crippen LogP contribution is -2.24. The van der Waals surface area contributed by atoms with E-state index < -0.39 is 0 Å². The lowest BCUT2D eigenvalue weighted by molar-refractivity contribution is 0.415. The number of rotatable bonds is 5. The van der Waals surface area contributed by atoms with Gasteiger partial charge in [-0.05, 0) is 32.0 Å². The van der Waals surface area contributed by atoms with Gasteiger partial charge in [0.05, 0.1) is 19.0 Å². The standard InChI is InChI=1S/C15H19N3O/c1-16-10-15(6-7-15)14-17-9-13(18-14)11-4-3-5-12(8-11)19-2/h3-5,8-9,16H,6-7,10H2,1-2H3,(H,17,18). The number of aromatic nitrogens is 2. The number of methoxy groups -OCH3 is 1. The van der Waals surface area contributed by atoms with Gasteiger partial charge in [0, 0.05) is 17.5 Å². The fourth-order valence-corrected chi connectivity index (χ4v) is 2.51. The van der Waals surface area contributed by atoms with Crippen molar-refractivity contribution < 1.29 is 4.74 Å². The number of H-pyrrole nitrogens is 1. The van der Waals surface area contributed by atoms with Crippen LogP contribution in [0.1, 0.15) is 18.7 Å². The van der Waals surface area contributed by atoms with Gasteiger partial charge >= 0.3 is 0 Å². The second-order valence-corrected chi connectivity index (χ2v) is 5.19. The summed E-state index contributed by atoms with van der Waals surface area (Å²) in [6, 6.07) is 8.03. The van der Waals surface area contributed by atoms with Crippen molar-refractivity contribution in [2.24, 2.45) is 0 Å². The Kier molecular flexibility index (Phi) is 3.03. The van der Waals surface area contributed by atoms with Crippen LogP contribution in [-0.4, -0.2) is 30.7 Å². The number of nitrogens with one attached hydrogen (secondary N) is 2. The molecule has 2 N–H and O–H groups in total. The Hall–Kier alpha value is -1.81. The number of hydrogen-bond donors (Lipinski definition) is 2. The Labute approximate surface area is 113 Å². The third kappa shape index (κ3) is 2.24. The maximum absolute atomic E-state index is 5.26. The molecule has 100 valence electrons. The number of ether oxygens (including phenoxy) is 1. The summed E-state index contributed by atoms with van der Waals surface area (Å²) in [7, 11) is 3.68. The van der Waals surface area contributed by atoms with Crippen LogP contribution in [0.15, 0.2) is 30.5 Å². The molecule has 0 spiro atoms. The molecule has 1 saturated carbocycles. The summed E-state index contributed by atoms with van der Waals surface area (Å²) in [5, 5.41) is 3.26. The third-order valence-electron chi connectivity index (χ3n) is 3.83. The monoisotopic (exact) mass is 257 g/mol. The smallest absolute Gasteiger partial charge is 0.119 e. The number of aromatic amines is 1. The maximum Gasteiger partial charge on any atom is 0.119 e. The van der Waals surface area contributed by atoms with Gasteiger partial charge in [-0.3, -0.25) is 0 Å². The molecule has 0 aliphatic heterocycles. The van der Waals surface area contributed by atoms with Crippen LogP contribution >= 0.6 is 0 Å². The van der Waals surface area contributed by atoms with Crippen LogP contribution in [0.4, 0.5) is 0 Å². The number of nitrogens with zero attached hydrogens (tertiary/aromatic N) is 1. The van der Waals surface area contributed by atoms with E-state index in [0.717, 1.165) is 29.4 Å². The molecule has 1 aromatic heterocycles. The second kappa shape index (κ2) is 4.70. The first-order valence-corrected chi connectivity index (χ1v) is 6.62. The van der Waals surface area contributed by atoms with E-state index in [1.807, 2.05) is 31.4 Å². The quantitative estimate of drug-likeness (QED) is 0.864. The summed E-state index contributed by atoms with van der Waals surface area (Å²) in [4.78, 5) is 8.03. The number of imidazole rings is 1. The summed E-state index contributed by atoms with van der Waals surface area (Å²) in [6.07, 6.45) is 4.33. The molecule has 0 atom stereocenters. The molecule has 1 aliphatic carbocycles. The highest BCUT2D eigenvalue weighted by Crippen LogP contribution is 2.46. The third-order valence-corrected chi connectivity index (χ3v) is 3.83. The van der Waals surface area contributed by atoms with E-state index in [2.05, 4.69) is 21.4 Å². The van der Waals surface area contributed by atoms with Gasteiger partial charge in [-0.15, -0.1) is 0 Å². The number of likely N-dealkylation sites (N-methyl/N-ethyl adjacent to an activating group) is 1. The molecular formula is C15H19N3O. The molecule has 1 heterocycles. The maximum atomic E-state index is 5.26. The highest BCUT2D eigenvalue weighted by atomic mass is 16.5. The van der Waals surface area contributed by atoms with Crippen molar-refractivity contribution in [3.8, 4) is 17.0 Å². The first kappa shape index (κ1) is 12.2. The van der Waals surface area contributed by atoms with Gasteiger partial charge in [0.2, 0.25) is 0 Å². The van der Waals surface area contributed by atoms with Gasteiger partial charge in [-0.1, -0.05) is 12.1 Å². The zero-order valence-corrected chi connectivity index (χ0v) is 11.4. The van der Waals surface area contributed by atoms with E-state index >= 15 is 0 Å². The number of hydrogen-bond acceptors (Lipinski definition) is 3. The van der Waals surface area contributed by atoms with Crippen molar-refractivity contribution in [1.82, 2.24) is 15.3 Å². The predicted molar refractivity (Wildman–Crippen MR) is 75.4 cm³/mol. The zero-order valence-electron chi connectivity index (χ0n) is 11.4. The van der Waals surface area contributed by atoms with Crippen LogP contribution in [0.5, 0.6) is 5.75 Å². The molecule has 0 saturated heterocycles. The lowest BCUT2D eigenvalue weighted by atomic mass is 10.1. The Morgan fingerprint density at radius 3 is 2.95 bits per heavy atom. The average Bonchev–Trinajstić information content (AvgIpc) is 3.05. The van der Waals surface area contributed by atoms with Crippen LogP contribution in [0.25, 0.3) is 11.3 Å². The summed E-state index contributed by atoms with van der Waals surface area (Å²) in [5.74, 6) is 1.96. The van der Waals surface area contributed by atoms with Gasteiger partial charge < -0.3 is 15.0 Å². The van der Waals surface area contributed by atoms with Crippen molar-refractivity contribution in [2.75, 3.05) is 20.7 Å². The molecule has 0 radical (unpaired) electrons. The first-order valence-electron chi connectivity index (χ1n) is 6.62. The SMILES string of the molecule is CNCC1(c2ncc(-c3cccc(OC)c3)[nH]2)CC1. The average molecular weight is 257 g/mol. The molecule has 19 heavy (non-hydrogen) atoms. The van der Waals surface area contributed by atoms with Crippen LogP contribution in [0, 0.1) is 0 Å². The largest absolute Gasteiger partial charge is 0.497 e. The second-order valence-electron chi connectivity index (χ2n) is 5.19. The molecule has 1 fully saturated rings. The normalized spacial score (nSPS) is 16.3. The lowest BCUT2D eigenvalue weighted by Gasteiger charge is -2.10. The Morgan fingerprint density at radius 1 is 1.42 bits per heavy atom. The molecule has 3 rings (SSSR count). The molecule has 1 aliphatic rings. The fourth-order valence-electron chi connectivity index (χ4n) is 2.51. The van der Waals surface area contributed by atoms with E-state index in [0.29, 0.717) is 0 Å². The summed E-state index contributed by atoms with van der Waals surface area (Å²) >= 11 is 0. The molecule has 4 nitrogen and oxygen atoms in total. The van der Waals surface area contributed by atoms with E-state index in [-0.39, 0.29) is 5.41 Å². The van der Waals surface area contributed by atoms with E-state index in [4.69, 9.17) is 4.74 Å². The van der Waals surface area contributed by atoms with Gasteiger partial charge in [0.1, 0.15) is 11.6 Å². The zero-order chi connectivity index (χ0) is 13.3. The molecule has 1 aromatic carbocycles. The van der Waals surface area contributed by atoms with Gasteiger partial charge in [0.25, 0.3) is 0 Å². The van der Waals surface area contributed by atoms with Crippen molar-refractivity contribution >= 4 is 0 Å². The molecule has 0 unspecified atom stereocenters. The highest BCUT2D eigenvalue weighted by Gasteiger charge is 2.46. The van der Waals surface area contributed by atoms with Crippen molar-refractivity contribution in [3.63, 3.8) is 0 Å². The Bertz CT molecular complexity index is 572. The molecular weight excluding hydrogens is 238 g/mol. The summed E-state index contributed by atoms with van der Waals surface area (Å²) in [5.41, 5.74) is 2.39. The van der Waals surface area contributed by atoms with E-state index in [9.17, 15) is 0 Å². The molecule has 4 heteroatoms. The fraction of sp³-hybridized carbons (Fsp3) is 0.400. The molecule has 2 aromatic rings. The molecule has 0 amide bonds. The van der Waals surface area contributed by atoms with Crippen LogP contribution < -0.4 is 10.1 Å². The van der Waals surface area contributed by atoms with Gasteiger partial charge in [-0.25, -0.2) is 4.98 Å². The van der Waals surface area contributed by atoms with Crippen LogP contribution in [0.2, 0.25) is 0 Å². The minimum Gasteiger partial charge on any atom is -0.497 e. The Balaban J connectivity index is 1.88. The minimum atomic E-state index is 0.228. The van der Waals surface area contributed by atoms with Gasteiger partial charge in [0.15, 0.2) is 0 Å². The number of benzene rings is 1. The van der Waals surface area contributed by atoms with Crippen molar-refractivity contribution in [3.05, 3.63) is 36.3 Å². The van der Waals surface area contributed by atoms with E-state index in [1.165, 1.54) is 12.8 Å². The van der Waals surface area contributed by atoms with Crippen molar-refractivity contribution in [1.29, 1.82) is 0 Å². The van der Waals surface area contributed by atoms with Crippen LogP contribution in [0.3, 0.4) is 0 Å².